The van der Waals surface area contributed by atoms with Crippen molar-refractivity contribution < 1.29 is 49.0 Å². The zero-order valence-electron chi connectivity index (χ0n) is 25.4. The second-order valence-electron chi connectivity index (χ2n) is 12.9. The van der Waals surface area contributed by atoms with E-state index in [2.05, 4.69) is 16.9 Å². The first-order valence-corrected chi connectivity index (χ1v) is 15.8. The highest BCUT2D eigenvalue weighted by Crippen LogP contribution is 2.44. The van der Waals surface area contributed by atoms with Gasteiger partial charge in [-0.25, -0.2) is 30.7 Å². The summed E-state index contributed by atoms with van der Waals surface area (Å²) in [6, 6.07) is 2.51. The Kier molecular flexibility index (Phi) is 10.8. The summed E-state index contributed by atoms with van der Waals surface area (Å²) in [7, 11) is 0. The standard InChI is InChI=1S/C35H37F9O2/c1-19(36)33(41)24-14-27(37)32(28(38)15-24)23-7-4-20(5-8-23)2-3-21-6-13-31(45-18-21)22-9-11-25(12-10-22)35(43,44)46-26-16-29(39)34(42)30(40)17-26/h2-3,14-17,20-23,25,31H,4-13,18H2,1H3/b3-2+,33-19+. The molecule has 11 heteroatoms. The lowest BCUT2D eigenvalue weighted by Crippen LogP contribution is -2.40. The van der Waals surface area contributed by atoms with Gasteiger partial charge in [0, 0.05) is 29.2 Å². The van der Waals surface area contributed by atoms with Gasteiger partial charge in [-0.2, -0.15) is 8.78 Å². The first kappa shape index (κ1) is 34.4. The molecule has 1 heterocycles. The third kappa shape index (κ3) is 7.94. The molecule has 5 rings (SSSR count). The summed E-state index contributed by atoms with van der Waals surface area (Å²) in [5, 5.41) is 0. The minimum atomic E-state index is -3.66. The molecule has 2 atom stereocenters. The van der Waals surface area contributed by atoms with Crippen LogP contribution in [0.2, 0.25) is 0 Å². The third-order valence-electron chi connectivity index (χ3n) is 9.80. The van der Waals surface area contributed by atoms with E-state index < -0.39 is 64.1 Å². The summed E-state index contributed by atoms with van der Waals surface area (Å²) in [6.45, 7) is 1.39. The third-order valence-corrected chi connectivity index (χ3v) is 9.80. The molecule has 1 aliphatic heterocycles. The summed E-state index contributed by atoms with van der Waals surface area (Å²) < 4.78 is 137. The second kappa shape index (κ2) is 14.4. The van der Waals surface area contributed by atoms with Gasteiger partial charge in [0.1, 0.15) is 23.2 Å². The number of halogens is 9. The zero-order valence-corrected chi connectivity index (χ0v) is 25.4. The van der Waals surface area contributed by atoms with E-state index in [4.69, 9.17) is 4.74 Å². The van der Waals surface area contributed by atoms with E-state index in [1.165, 1.54) is 0 Å². The maximum atomic E-state index is 14.8. The van der Waals surface area contributed by atoms with Crippen LogP contribution in [0, 0.1) is 52.8 Å². The van der Waals surface area contributed by atoms with Gasteiger partial charge in [-0.05, 0) is 101 Å². The Bertz CT molecular complexity index is 1380. The quantitative estimate of drug-likeness (QED) is 0.159. The minimum absolute atomic E-state index is 0.0511. The second-order valence-corrected chi connectivity index (χ2v) is 12.9. The maximum absolute atomic E-state index is 14.8. The molecular formula is C35H37F9O2. The van der Waals surface area contributed by atoms with Gasteiger partial charge >= 0.3 is 6.11 Å². The fourth-order valence-corrected chi connectivity index (χ4v) is 7.19. The molecule has 2 aromatic rings. The van der Waals surface area contributed by atoms with Crippen LogP contribution in [0.3, 0.4) is 0 Å². The Morgan fingerprint density at radius 1 is 0.739 bits per heavy atom. The van der Waals surface area contributed by atoms with Crippen molar-refractivity contribution in [1.29, 1.82) is 0 Å². The van der Waals surface area contributed by atoms with Crippen LogP contribution in [0.4, 0.5) is 39.5 Å². The normalized spacial score (nSPS) is 28.3. The van der Waals surface area contributed by atoms with Gasteiger partial charge in [0.25, 0.3) is 0 Å². The van der Waals surface area contributed by atoms with Crippen LogP contribution in [-0.4, -0.2) is 18.8 Å². The Morgan fingerprint density at radius 2 is 1.30 bits per heavy atom. The molecule has 46 heavy (non-hydrogen) atoms. The lowest BCUT2D eigenvalue weighted by Gasteiger charge is -2.39. The predicted molar refractivity (Wildman–Crippen MR) is 155 cm³/mol. The number of hydrogen-bond acceptors (Lipinski definition) is 2. The Morgan fingerprint density at radius 3 is 1.85 bits per heavy atom. The van der Waals surface area contributed by atoms with E-state index in [0.717, 1.165) is 44.7 Å². The monoisotopic (exact) mass is 660 g/mol. The minimum Gasteiger partial charge on any atom is -0.432 e. The summed E-state index contributed by atoms with van der Waals surface area (Å²) >= 11 is 0. The molecule has 3 aliphatic rings. The SMILES string of the molecule is C/C(F)=C(\F)c1cc(F)c(C2CCC(/C=C/C3CCC(C4CCC(C(F)(F)Oc5cc(F)c(F)c(F)c5)CC4)OC3)CC2)c(F)c1. The number of ether oxygens (including phenoxy) is 2. The van der Waals surface area contributed by atoms with Gasteiger partial charge < -0.3 is 9.47 Å². The molecule has 0 bridgehead atoms. The van der Waals surface area contributed by atoms with Gasteiger partial charge in [0.05, 0.1) is 18.6 Å². The number of allylic oxidation sites excluding steroid dienone is 2. The van der Waals surface area contributed by atoms with E-state index >= 15 is 0 Å². The van der Waals surface area contributed by atoms with Crippen molar-refractivity contribution in [2.75, 3.05) is 6.61 Å². The topological polar surface area (TPSA) is 18.5 Å². The average molecular weight is 661 g/mol. The largest absolute Gasteiger partial charge is 0.432 e. The highest BCUT2D eigenvalue weighted by molar-refractivity contribution is 5.61. The summed E-state index contributed by atoms with van der Waals surface area (Å²) in [6.07, 6.45) is 6.10. The fraction of sp³-hybridized carbons (Fsp3) is 0.543. The van der Waals surface area contributed by atoms with Crippen LogP contribution in [-0.2, 0) is 4.74 Å². The molecule has 2 saturated carbocycles. The highest BCUT2D eigenvalue weighted by Gasteiger charge is 2.45. The highest BCUT2D eigenvalue weighted by atomic mass is 19.3. The summed E-state index contributed by atoms with van der Waals surface area (Å²) in [5.74, 6) is -10.8. The molecule has 1 saturated heterocycles. The molecule has 3 fully saturated rings. The van der Waals surface area contributed by atoms with Crippen molar-refractivity contribution in [3.05, 3.63) is 82.5 Å². The average Bonchev–Trinajstić information content (AvgIpc) is 3.02. The Balaban J connectivity index is 1.05. The molecular weight excluding hydrogens is 623 g/mol. The number of benzene rings is 2. The van der Waals surface area contributed by atoms with E-state index in [1.807, 2.05) is 0 Å². The molecule has 2 unspecified atom stereocenters. The van der Waals surface area contributed by atoms with Crippen LogP contribution in [0.15, 0.2) is 42.2 Å². The van der Waals surface area contributed by atoms with Crippen molar-refractivity contribution in [2.45, 2.75) is 89.3 Å². The van der Waals surface area contributed by atoms with Crippen LogP contribution in [0.25, 0.3) is 5.83 Å². The predicted octanol–water partition coefficient (Wildman–Crippen LogP) is 11.1. The molecule has 252 valence electrons. The van der Waals surface area contributed by atoms with E-state index in [0.29, 0.717) is 44.4 Å². The van der Waals surface area contributed by atoms with Crippen molar-refractivity contribution in [1.82, 2.24) is 0 Å². The maximum Gasteiger partial charge on any atom is 0.400 e. The number of rotatable bonds is 8. The van der Waals surface area contributed by atoms with Crippen LogP contribution < -0.4 is 4.74 Å². The van der Waals surface area contributed by atoms with Crippen LogP contribution in [0.1, 0.15) is 88.2 Å². The van der Waals surface area contributed by atoms with Crippen molar-refractivity contribution >= 4 is 5.83 Å². The molecule has 2 nitrogen and oxygen atoms in total. The Labute approximate surface area is 262 Å². The van der Waals surface area contributed by atoms with Gasteiger partial charge in [-0.15, -0.1) is 0 Å². The number of alkyl halides is 2. The van der Waals surface area contributed by atoms with E-state index in [-0.39, 0.29) is 48.2 Å². The zero-order chi connectivity index (χ0) is 33.2. The lowest BCUT2D eigenvalue weighted by atomic mass is 9.76. The van der Waals surface area contributed by atoms with Gasteiger partial charge in [-0.1, -0.05) is 12.2 Å². The van der Waals surface area contributed by atoms with Crippen LogP contribution >= 0.6 is 0 Å². The van der Waals surface area contributed by atoms with Crippen molar-refractivity contribution in [3.63, 3.8) is 0 Å². The first-order chi connectivity index (χ1) is 21.8. The van der Waals surface area contributed by atoms with Crippen molar-refractivity contribution in [2.24, 2.45) is 23.7 Å². The lowest BCUT2D eigenvalue weighted by molar-refractivity contribution is -0.225. The fourth-order valence-electron chi connectivity index (χ4n) is 7.19. The molecule has 2 aliphatic carbocycles. The van der Waals surface area contributed by atoms with Gasteiger partial charge in [0.15, 0.2) is 23.3 Å². The number of hydrogen-bond donors (Lipinski definition) is 0. The Hall–Kier alpha value is -2.95. The first-order valence-electron chi connectivity index (χ1n) is 15.8. The molecule has 0 amide bonds. The summed E-state index contributed by atoms with van der Waals surface area (Å²) in [5.41, 5.74) is -0.529. The van der Waals surface area contributed by atoms with Gasteiger partial charge in [0.2, 0.25) is 0 Å². The molecule has 0 radical (unpaired) electrons. The van der Waals surface area contributed by atoms with Gasteiger partial charge in [-0.3, -0.25) is 0 Å². The molecule has 0 N–H and O–H groups in total. The van der Waals surface area contributed by atoms with E-state index in [1.54, 1.807) is 0 Å². The van der Waals surface area contributed by atoms with E-state index in [9.17, 15) is 39.5 Å². The molecule has 0 spiro atoms. The smallest absolute Gasteiger partial charge is 0.400 e. The van der Waals surface area contributed by atoms with Crippen LogP contribution in [0.5, 0.6) is 5.75 Å². The summed E-state index contributed by atoms with van der Waals surface area (Å²) in [4.78, 5) is 0. The molecule has 0 aromatic heterocycles. The molecule has 2 aromatic carbocycles. The van der Waals surface area contributed by atoms with Crippen molar-refractivity contribution in [3.8, 4) is 5.75 Å².